The molecule has 2 N–H and O–H groups in total. The largest absolute Gasteiger partial charge is 0.573 e. The van der Waals surface area contributed by atoms with E-state index < -0.39 is 18.1 Å². The van der Waals surface area contributed by atoms with Gasteiger partial charge in [0, 0.05) is 6.54 Å². The third-order valence-corrected chi connectivity index (χ3v) is 3.25. The molecule has 2 aromatic rings. The molecule has 0 saturated carbocycles. The van der Waals surface area contributed by atoms with Crippen LogP contribution in [0.15, 0.2) is 42.5 Å². The Morgan fingerprint density at radius 3 is 2.68 bits per heavy atom. The standard InChI is InChI=1S/C16H13F3N2O4/c17-16(18,19)25-12-4-2-1-3-11(12)21-15(22)20-8-10-5-6-13-14(7-10)24-9-23-13/h1-7H,8-9H2,(H2,20,21,22). The summed E-state index contributed by atoms with van der Waals surface area (Å²) in [4.78, 5) is 11.9. The van der Waals surface area contributed by atoms with Crippen LogP contribution in [0.5, 0.6) is 17.2 Å². The minimum Gasteiger partial charge on any atom is -0.454 e. The van der Waals surface area contributed by atoms with Crippen molar-refractivity contribution in [2.75, 3.05) is 12.1 Å². The summed E-state index contributed by atoms with van der Waals surface area (Å²) in [5.74, 6) is 0.697. The van der Waals surface area contributed by atoms with Gasteiger partial charge in [0.1, 0.15) is 0 Å². The number of rotatable bonds is 4. The Balaban J connectivity index is 1.60. The first-order valence-electron chi connectivity index (χ1n) is 7.19. The van der Waals surface area contributed by atoms with E-state index in [9.17, 15) is 18.0 Å². The molecule has 2 amide bonds. The van der Waals surface area contributed by atoms with E-state index in [4.69, 9.17) is 9.47 Å². The highest BCUT2D eigenvalue weighted by Gasteiger charge is 2.32. The molecule has 132 valence electrons. The third-order valence-electron chi connectivity index (χ3n) is 3.25. The highest BCUT2D eigenvalue weighted by molar-refractivity contribution is 5.90. The van der Waals surface area contributed by atoms with Crippen LogP contribution in [0.2, 0.25) is 0 Å². The first-order valence-corrected chi connectivity index (χ1v) is 7.19. The third kappa shape index (κ3) is 4.46. The van der Waals surface area contributed by atoms with E-state index in [-0.39, 0.29) is 19.0 Å². The number of anilines is 1. The minimum atomic E-state index is -4.85. The second kappa shape index (κ2) is 6.80. The monoisotopic (exact) mass is 354 g/mol. The van der Waals surface area contributed by atoms with Crippen molar-refractivity contribution in [1.29, 1.82) is 0 Å². The van der Waals surface area contributed by atoms with E-state index in [1.807, 2.05) is 0 Å². The Bertz CT molecular complexity index is 780. The van der Waals surface area contributed by atoms with Crippen LogP contribution in [0.4, 0.5) is 23.7 Å². The molecule has 1 heterocycles. The lowest BCUT2D eigenvalue weighted by atomic mass is 10.2. The Hall–Kier alpha value is -3.10. The Morgan fingerprint density at radius 1 is 1.12 bits per heavy atom. The fourth-order valence-corrected chi connectivity index (χ4v) is 2.18. The topological polar surface area (TPSA) is 68.8 Å². The summed E-state index contributed by atoms with van der Waals surface area (Å²) < 4.78 is 51.4. The first-order chi connectivity index (χ1) is 11.9. The fraction of sp³-hybridized carbons (Fsp3) is 0.188. The number of para-hydroxylation sites is 2. The minimum absolute atomic E-state index is 0.0944. The molecule has 0 spiro atoms. The Labute approximate surface area is 140 Å². The molecule has 6 nitrogen and oxygen atoms in total. The summed E-state index contributed by atoms with van der Waals surface area (Å²) in [6.45, 7) is 0.299. The van der Waals surface area contributed by atoms with Gasteiger partial charge < -0.3 is 24.8 Å². The maximum absolute atomic E-state index is 12.4. The Morgan fingerprint density at radius 2 is 1.88 bits per heavy atom. The normalized spacial score (nSPS) is 12.6. The lowest BCUT2D eigenvalue weighted by Gasteiger charge is -2.14. The predicted octanol–water partition coefficient (Wildman–Crippen LogP) is 3.64. The number of halogens is 3. The van der Waals surface area contributed by atoms with Crippen LogP contribution in [0.1, 0.15) is 5.56 Å². The van der Waals surface area contributed by atoms with Crippen LogP contribution in [0.25, 0.3) is 0 Å². The lowest BCUT2D eigenvalue weighted by molar-refractivity contribution is -0.274. The fourth-order valence-electron chi connectivity index (χ4n) is 2.18. The summed E-state index contributed by atoms with van der Waals surface area (Å²) in [6, 6.07) is 9.77. The van der Waals surface area contributed by atoms with Crippen molar-refractivity contribution in [2.24, 2.45) is 0 Å². The molecule has 1 aliphatic heterocycles. The molecule has 0 aliphatic carbocycles. The highest BCUT2D eigenvalue weighted by atomic mass is 19.4. The van der Waals surface area contributed by atoms with Crippen LogP contribution in [-0.2, 0) is 6.54 Å². The van der Waals surface area contributed by atoms with Crippen molar-refractivity contribution >= 4 is 11.7 Å². The molecular formula is C16H13F3N2O4. The van der Waals surface area contributed by atoms with Crippen molar-refractivity contribution in [3.05, 3.63) is 48.0 Å². The van der Waals surface area contributed by atoms with E-state index in [0.717, 1.165) is 11.6 Å². The molecule has 0 radical (unpaired) electrons. The van der Waals surface area contributed by atoms with Gasteiger partial charge in [-0.3, -0.25) is 0 Å². The number of fused-ring (bicyclic) bond motifs is 1. The number of amides is 2. The van der Waals surface area contributed by atoms with Crippen LogP contribution < -0.4 is 24.8 Å². The number of alkyl halides is 3. The van der Waals surface area contributed by atoms with Gasteiger partial charge >= 0.3 is 12.4 Å². The molecule has 25 heavy (non-hydrogen) atoms. The molecule has 0 unspecified atom stereocenters. The van der Waals surface area contributed by atoms with Gasteiger partial charge in [-0.25, -0.2) is 4.79 Å². The molecule has 0 atom stereocenters. The zero-order valence-corrected chi connectivity index (χ0v) is 12.7. The van der Waals surface area contributed by atoms with Gasteiger partial charge in [-0.15, -0.1) is 13.2 Å². The van der Waals surface area contributed by atoms with Crippen LogP contribution >= 0.6 is 0 Å². The average Bonchev–Trinajstić information content (AvgIpc) is 3.01. The first kappa shape index (κ1) is 16.7. The maximum atomic E-state index is 12.4. The van der Waals surface area contributed by atoms with Gasteiger partial charge in [0.05, 0.1) is 5.69 Å². The summed E-state index contributed by atoms with van der Waals surface area (Å²) in [5.41, 5.74) is 0.655. The van der Waals surface area contributed by atoms with E-state index >= 15 is 0 Å². The molecule has 1 aliphatic rings. The summed E-state index contributed by atoms with van der Waals surface area (Å²) in [5, 5.41) is 4.87. The van der Waals surface area contributed by atoms with E-state index in [2.05, 4.69) is 15.4 Å². The molecular weight excluding hydrogens is 341 g/mol. The number of carbonyl (C=O) groups excluding carboxylic acids is 1. The van der Waals surface area contributed by atoms with Crippen LogP contribution in [0.3, 0.4) is 0 Å². The number of urea groups is 1. The molecule has 0 aromatic heterocycles. The average molecular weight is 354 g/mol. The van der Waals surface area contributed by atoms with E-state index in [0.29, 0.717) is 11.5 Å². The molecule has 0 saturated heterocycles. The molecule has 0 fully saturated rings. The smallest absolute Gasteiger partial charge is 0.454 e. The van der Waals surface area contributed by atoms with Crippen molar-refractivity contribution in [1.82, 2.24) is 5.32 Å². The van der Waals surface area contributed by atoms with E-state index in [1.165, 1.54) is 18.2 Å². The summed E-state index contributed by atoms with van der Waals surface area (Å²) in [7, 11) is 0. The maximum Gasteiger partial charge on any atom is 0.573 e. The van der Waals surface area contributed by atoms with Crippen molar-refractivity contribution in [3.63, 3.8) is 0 Å². The number of hydrogen-bond donors (Lipinski definition) is 2. The van der Waals surface area contributed by atoms with Gasteiger partial charge in [-0.2, -0.15) is 0 Å². The van der Waals surface area contributed by atoms with Gasteiger partial charge in [-0.05, 0) is 29.8 Å². The number of hydrogen-bond acceptors (Lipinski definition) is 4. The molecule has 2 aromatic carbocycles. The number of carbonyl (C=O) groups is 1. The lowest BCUT2D eigenvalue weighted by Crippen LogP contribution is -2.28. The van der Waals surface area contributed by atoms with Gasteiger partial charge in [0.25, 0.3) is 0 Å². The number of ether oxygens (including phenoxy) is 3. The van der Waals surface area contributed by atoms with Crippen molar-refractivity contribution < 1.29 is 32.2 Å². The van der Waals surface area contributed by atoms with Crippen LogP contribution in [0, 0.1) is 0 Å². The predicted molar refractivity (Wildman–Crippen MR) is 81.5 cm³/mol. The van der Waals surface area contributed by atoms with Gasteiger partial charge in [0.15, 0.2) is 17.2 Å². The number of benzene rings is 2. The summed E-state index contributed by atoms with van der Waals surface area (Å²) >= 11 is 0. The molecule has 3 rings (SSSR count). The van der Waals surface area contributed by atoms with E-state index in [1.54, 1.807) is 18.2 Å². The number of nitrogens with one attached hydrogen (secondary N) is 2. The SMILES string of the molecule is O=C(NCc1ccc2c(c1)OCO2)Nc1ccccc1OC(F)(F)F. The molecule has 9 heteroatoms. The Kier molecular flexibility index (Phi) is 4.55. The van der Waals surface area contributed by atoms with Gasteiger partial charge in [-0.1, -0.05) is 18.2 Å². The quantitative estimate of drug-likeness (QED) is 0.880. The second-order valence-corrected chi connectivity index (χ2v) is 5.04. The van der Waals surface area contributed by atoms with Gasteiger partial charge in [0.2, 0.25) is 6.79 Å². The van der Waals surface area contributed by atoms with Crippen LogP contribution in [-0.4, -0.2) is 19.2 Å². The molecule has 0 bridgehead atoms. The zero-order valence-electron chi connectivity index (χ0n) is 12.7. The second-order valence-electron chi connectivity index (χ2n) is 5.04. The highest BCUT2D eigenvalue weighted by Crippen LogP contribution is 2.32. The zero-order chi connectivity index (χ0) is 17.9. The van der Waals surface area contributed by atoms with Crippen molar-refractivity contribution in [2.45, 2.75) is 12.9 Å². The van der Waals surface area contributed by atoms with Crippen molar-refractivity contribution in [3.8, 4) is 17.2 Å². The summed E-state index contributed by atoms with van der Waals surface area (Å²) in [6.07, 6.45) is -4.85.